The van der Waals surface area contributed by atoms with Crippen molar-refractivity contribution in [1.82, 2.24) is 15.3 Å². The quantitative estimate of drug-likeness (QED) is 0.810. The molecule has 0 spiro atoms. The normalized spacial score (nSPS) is 18.7. The fourth-order valence-corrected chi connectivity index (χ4v) is 3.02. The minimum Gasteiger partial charge on any atom is -0.367 e. The summed E-state index contributed by atoms with van der Waals surface area (Å²) in [5.41, 5.74) is 0.270. The number of nitrogens with one attached hydrogen (secondary N) is 2. The van der Waals surface area contributed by atoms with Crippen LogP contribution in [0.25, 0.3) is 0 Å². The molecule has 5 nitrogen and oxygen atoms in total. The molecule has 0 radical (unpaired) electrons. The van der Waals surface area contributed by atoms with Gasteiger partial charge in [0.05, 0.1) is 5.69 Å². The lowest BCUT2D eigenvalue weighted by molar-refractivity contribution is -0.0627. The van der Waals surface area contributed by atoms with Gasteiger partial charge in [-0.3, -0.25) is 4.79 Å². The lowest BCUT2D eigenvalue weighted by atomic mass is 9.93. The van der Waals surface area contributed by atoms with Gasteiger partial charge in [0.25, 0.3) is 5.56 Å². The summed E-state index contributed by atoms with van der Waals surface area (Å²) < 4.78 is 6.07. The van der Waals surface area contributed by atoms with Gasteiger partial charge < -0.3 is 15.0 Å². The van der Waals surface area contributed by atoms with Crippen molar-refractivity contribution in [2.75, 3.05) is 13.7 Å². The van der Waals surface area contributed by atoms with E-state index in [0.717, 1.165) is 31.4 Å². The van der Waals surface area contributed by atoms with Crippen molar-refractivity contribution in [2.45, 2.75) is 57.6 Å². The van der Waals surface area contributed by atoms with Gasteiger partial charge in [-0.15, -0.1) is 0 Å². The summed E-state index contributed by atoms with van der Waals surface area (Å²) in [4.78, 5) is 19.4. The molecule has 1 saturated carbocycles. The molecule has 0 unspecified atom stereocenters. The number of aromatic amines is 1. The third kappa shape index (κ3) is 3.46. The molecule has 0 aromatic carbocycles. The molecule has 20 heavy (non-hydrogen) atoms. The summed E-state index contributed by atoms with van der Waals surface area (Å²) in [6.45, 7) is 3.24. The van der Waals surface area contributed by atoms with Crippen molar-refractivity contribution in [3.05, 3.63) is 27.9 Å². The maximum Gasteiger partial charge on any atom is 0.251 e. The minimum atomic E-state index is -0.409. The fraction of sp³-hybridized carbons (Fsp3) is 0.733. The number of hydrogen-bond acceptors (Lipinski definition) is 4. The van der Waals surface area contributed by atoms with E-state index in [1.165, 1.54) is 12.8 Å². The Morgan fingerprint density at radius 2 is 2.05 bits per heavy atom. The van der Waals surface area contributed by atoms with Gasteiger partial charge in [0.2, 0.25) is 0 Å². The van der Waals surface area contributed by atoms with Gasteiger partial charge in [-0.25, -0.2) is 4.98 Å². The molecule has 2 rings (SSSR count). The van der Waals surface area contributed by atoms with Crippen LogP contribution in [-0.2, 0) is 16.9 Å². The van der Waals surface area contributed by atoms with Crippen LogP contribution in [-0.4, -0.2) is 23.6 Å². The first-order chi connectivity index (χ1) is 9.70. The number of aromatic nitrogens is 2. The van der Waals surface area contributed by atoms with E-state index in [0.29, 0.717) is 19.0 Å². The third-order valence-corrected chi connectivity index (χ3v) is 3.92. The number of hydrogen-bond donors (Lipinski definition) is 2. The summed E-state index contributed by atoms with van der Waals surface area (Å²) in [6, 6.07) is 1.55. The van der Waals surface area contributed by atoms with Crippen molar-refractivity contribution < 1.29 is 4.74 Å². The standard InChI is InChI=1S/C15H25N3O2/c1-3-20-15(8-6-4-5-7-9-15)14-17-12(11-16-2)10-13(19)18-14/h10,16H,3-9,11H2,1-2H3,(H,17,18,19). The molecule has 0 atom stereocenters. The maximum atomic E-state index is 11.9. The predicted molar refractivity (Wildman–Crippen MR) is 78.6 cm³/mol. The molecule has 1 aliphatic carbocycles. The predicted octanol–water partition coefficient (Wildman–Crippen LogP) is 2.08. The van der Waals surface area contributed by atoms with Crippen molar-refractivity contribution >= 4 is 0 Å². The van der Waals surface area contributed by atoms with E-state index in [1.54, 1.807) is 6.07 Å². The first-order valence-electron chi connectivity index (χ1n) is 7.59. The highest BCUT2D eigenvalue weighted by Crippen LogP contribution is 2.37. The Kier molecular flexibility index (Phi) is 5.31. The van der Waals surface area contributed by atoms with E-state index in [4.69, 9.17) is 4.74 Å². The van der Waals surface area contributed by atoms with Crippen LogP contribution in [0, 0.1) is 0 Å². The highest BCUT2D eigenvalue weighted by atomic mass is 16.5. The van der Waals surface area contributed by atoms with E-state index in [1.807, 2.05) is 14.0 Å². The highest BCUT2D eigenvalue weighted by Gasteiger charge is 2.36. The van der Waals surface area contributed by atoms with Gasteiger partial charge in [0.15, 0.2) is 0 Å². The Hall–Kier alpha value is -1.20. The monoisotopic (exact) mass is 279 g/mol. The smallest absolute Gasteiger partial charge is 0.251 e. The molecular weight excluding hydrogens is 254 g/mol. The molecular formula is C15H25N3O2. The zero-order valence-electron chi connectivity index (χ0n) is 12.5. The Balaban J connectivity index is 2.39. The summed E-state index contributed by atoms with van der Waals surface area (Å²) in [5.74, 6) is 0.707. The van der Waals surface area contributed by atoms with Crippen LogP contribution in [0.1, 0.15) is 57.0 Å². The van der Waals surface area contributed by atoms with Crippen molar-refractivity contribution in [3.63, 3.8) is 0 Å². The van der Waals surface area contributed by atoms with E-state index < -0.39 is 5.60 Å². The number of nitrogens with zero attached hydrogens (tertiary/aromatic N) is 1. The van der Waals surface area contributed by atoms with Gasteiger partial charge in [-0.05, 0) is 26.8 Å². The van der Waals surface area contributed by atoms with Crippen LogP contribution in [0.2, 0.25) is 0 Å². The van der Waals surface area contributed by atoms with Gasteiger partial charge in [-0.2, -0.15) is 0 Å². The molecule has 112 valence electrons. The van der Waals surface area contributed by atoms with Crippen LogP contribution in [0.15, 0.2) is 10.9 Å². The molecule has 1 aromatic rings. The molecule has 1 heterocycles. The van der Waals surface area contributed by atoms with Crippen molar-refractivity contribution in [3.8, 4) is 0 Å². The molecule has 1 aliphatic rings. The van der Waals surface area contributed by atoms with E-state index in [9.17, 15) is 4.79 Å². The number of ether oxygens (including phenoxy) is 1. The molecule has 0 amide bonds. The average molecular weight is 279 g/mol. The van der Waals surface area contributed by atoms with E-state index in [2.05, 4.69) is 15.3 Å². The van der Waals surface area contributed by atoms with Crippen LogP contribution >= 0.6 is 0 Å². The molecule has 0 aliphatic heterocycles. The third-order valence-electron chi connectivity index (χ3n) is 3.92. The number of H-pyrrole nitrogens is 1. The molecule has 2 N–H and O–H groups in total. The zero-order valence-corrected chi connectivity index (χ0v) is 12.5. The van der Waals surface area contributed by atoms with E-state index in [-0.39, 0.29) is 5.56 Å². The van der Waals surface area contributed by atoms with Crippen molar-refractivity contribution in [2.24, 2.45) is 0 Å². The second-order valence-corrected chi connectivity index (χ2v) is 5.46. The second-order valence-electron chi connectivity index (χ2n) is 5.46. The summed E-state index contributed by atoms with van der Waals surface area (Å²) >= 11 is 0. The second kappa shape index (κ2) is 6.99. The summed E-state index contributed by atoms with van der Waals surface area (Å²) in [5, 5.41) is 3.04. The molecule has 1 fully saturated rings. The SMILES string of the molecule is CCOC1(c2nc(CNC)cc(=O)[nH]2)CCCCCC1. The van der Waals surface area contributed by atoms with Crippen LogP contribution < -0.4 is 10.9 Å². The molecule has 0 bridgehead atoms. The first-order valence-corrected chi connectivity index (χ1v) is 7.59. The number of rotatable bonds is 5. The van der Waals surface area contributed by atoms with Crippen LogP contribution in [0.4, 0.5) is 0 Å². The van der Waals surface area contributed by atoms with Gasteiger partial charge >= 0.3 is 0 Å². The van der Waals surface area contributed by atoms with Gasteiger partial charge in [0, 0.05) is 19.2 Å². The van der Waals surface area contributed by atoms with Gasteiger partial charge in [-0.1, -0.05) is 25.7 Å². The van der Waals surface area contributed by atoms with E-state index >= 15 is 0 Å². The minimum absolute atomic E-state index is 0.0939. The Bertz CT molecular complexity index is 476. The molecule has 5 heteroatoms. The topological polar surface area (TPSA) is 67.0 Å². The van der Waals surface area contributed by atoms with Crippen LogP contribution in [0.5, 0.6) is 0 Å². The first kappa shape index (κ1) is 15.2. The Labute approximate surface area is 120 Å². The fourth-order valence-electron chi connectivity index (χ4n) is 3.02. The Morgan fingerprint density at radius 3 is 2.65 bits per heavy atom. The highest BCUT2D eigenvalue weighted by molar-refractivity contribution is 5.09. The zero-order chi connectivity index (χ0) is 14.4. The average Bonchev–Trinajstić information content (AvgIpc) is 2.65. The molecule has 0 saturated heterocycles. The van der Waals surface area contributed by atoms with Crippen molar-refractivity contribution in [1.29, 1.82) is 0 Å². The summed E-state index contributed by atoms with van der Waals surface area (Å²) in [6.07, 6.45) is 6.59. The molecule has 1 aromatic heterocycles. The maximum absolute atomic E-state index is 11.9. The summed E-state index contributed by atoms with van der Waals surface area (Å²) in [7, 11) is 1.85. The lowest BCUT2D eigenvalue weighted by Gasteiger charge is -2.31. The largest absolute Gasteiger partial charge is 0.367 e. The Morgan fingerprint density at radius 1 is 1.35 bits per heavy atom. The lowest BCUT2D eigenvalue weighted by Crippen LogP contribution is -2.34. The van der Waals surface area contributed by atoms with Gasteiger partial charge in [0.1, 0.15) is 11.4 Å². The van der Waals surface area contributed by atoms with Crippen LogP contribution in [0.3, 0.4) is 0 Å².